The number of hydrogen-bond acceptors (Lipinski definition) is 8. The van der Waals surface area contributed by atoms with E-state index in [4.69, 9.17) is 31.4 Å². The zero-order valence-electron chi connectivity index (χ0n) is 11.8. The van der Waals surface area contributed by atoms with Gasteiger partial charge in [0.05, 0.1) is 45.1 Å². The third kappa shape index (κ3) is 8.30. The highest BCUT2D eigenvalue weighted by Gasteiger charge is 2.29. The molecule has 0 atom stereocenters. The monoisotopic (exact) mass is 308 g/mol. The molecule has 0 spiro atoms. The highest BCUT2D eigenvalue weighted by Crippen LogP contribution is 2.17. The molecule has 10 heteroatoms. The van der Waals surface area contributed by atoms with Gasteiger partial charge in [0, 0.05) is 12.8 Å². The SMILES string of the molecule is N/C(CCOCC(CO)(CO)COCC/C(N)=N\O)=N/O. The average Bonchev–Trinajstić information content (AvgIpc) is 2.53. The molecule has 0 radical (unpaired) electrons. The van der Waals surface area contributed by atoms with Crippen molar-refractivity contribution in [3.05, 3.63) is 0 Å². The van der Waals surface area contributed by atoms with Crippen molar-refractivity contribution in [3.63, 3.8) is 0 Å². The molecule has 0 rings (SSSR count). The van der Waals surface area contributed by atoms with Gasteiger partial charge in [0.1, 0.15) is 11.7 Å². The van der Waals surface area contributed by atoms with E-state index in [1.54, 1.807) is 0 Å². The molecule has 8 N–H and O–H groups in total. The summed E-state index contributed by atoms with van der Waals surface area (Å²) in [5.74, 6) is 0.0622. The van der Waals surface area contributed by atoms with E-state index in [0.29, 0.717) is 0 Å². The van der Waals surface area contributed by atoms with E-state index in [-0.39, 0.29) is 64.2 Å². The predicted octanol–water partition coefficient (Wildman–Crippen LogP) is -1.74. The van der Waals surface area contributed by atoms with Crippen molar-refractivity contribution in [1.82, 2.24) is 0 Å². The van der Waals surface area contributed by atoms with Gasteiger partial charge in [-0.3, -0.25) is 0 Å². The molecule has 0 fully saturated rings. The Balaban J connectivity index is 4.11. The quantitative estimate of drug-likeness (QED) is 0.0809. The van der Waals surface area contributed by atoms with Crippen LogP contribution in [-0.2, 0) is 9.47 Å². The Labute approximate surface area is 122 Å². The summed E-state index contributed by atoms with van der Waals surface area (Å²) in [7, 11) is 0. The number of aliphatic hydroxyl groups excluding tert-OH is 2. The van der Waals surface area contributed by atoms with Gasteiger partial charge in [-0.2, -0.15) is 0 Å². The molecule has 0 aromatic heterocycles. The van der Waals surface area contributed by atoms with Gasteiger partial charge < -0.3 is 41.6 Å². The molecule has 0 aromatic carbocycles. The third-order valence-electron chi connectivity index (χ3n) is 2.75. The van der Waals surface area contributed by atoms with Gasteiger partial charge in [-0.25, -0.2) is 0 Å². The smallest absolute Gasteiger partial charge is 0.141 e. The predicted molar refractivity (Wildman–Crippen MR) is 74.3 cm³/mol. The topological polar surface area (TPSA) is 176 Å². The first-order valence-electron chi connectivity index (χ1n) is 6.33. The van der Waals surface area contributed by atoms with Crippen LogP contribution in [0.1, 0.15) is 12.8 Å². The van der Waals surface area contributed by atoms with E-state index >= 15 is 0 Å². The van der Waals surface area contributed by atoms with Crippen molar-refractivity contribution in [1.29, 1.82) is 0 Å². The van der Waals surface area contributed by atoms with Gasteiger partial charge in [-0.1, -0.05) is 10.3 Å². The van der Waals surface area contributed by atoms with E-state index in [9.17, 15) is 10.2 Å². The summed E-state index contributed by atoms with van der Waals surface area (Å²) < 4.78 is 10.6. The van der Waals surface area contributed by atoms with Crippen LogP contribution in [0.2, 0.25) is 0 Å². The molecule has 10 nitrogen and oxygen atoms in total. The lowest BCUT2D eigenvalue weighted by atomic mass is 9.92. The molecule has 0 aliphatic carbocycles. The van der Waals surface area contributed by atoms with E-state index in [1.165, 1.54) is 0 Å². The molecule has 0 amide bonds. The number of amidine groups is 2. The highest BCUT2D eigenvalue weighted by molar-refractivity contribution is 5.79. The lowest BCUT2D eigenvalue weighted by Gasteiger charge is -2.29. The van der Waals surface area contributed by atoms with Gasteiger partial charge >= 0.3 is 0 Å². The second-order valence-corrected chi connectivity index (χ2v) is 4.60. The number of nitrogens with zero attached hydrogens (tertiary/aromatic N) is 2. The first kappa shape index (κ1) is 19.4. The molecule has 0 saturated carbocycles. The number of hydrogen-bond donors (Lipinski definition) is 6. The van der Waals surface area contributed by atoms with Crippen LogP contribution in [0.4, 0.5) is 0 Å². The van der Waals surface area contributed by atoms with Gasteiger partial charge in [0.15, 0.2) is 0 Å². The number of nitrogens with two attached hydrogens (primary N) is 2. The first-order chi connectivity index (χ1) is 10.0. The van der Waals surface area contributed by atoms with Crippen molar-refractivity contribution < 1.29 is 30.1 Å². The maximum Gasteiger partial charge on any atom is 0.141 e. The number of oxime groups is 2. The largest absolute Gasteiger partial charge is 0.409 e. The lowest BCUT2D eigenvalue weighted by molar-refractivity contribution is -0.0750. The molecule has 21 heavy (non-hydrogen) atoms. The van der Waals surface area contributed by atoms with Crippen LogP contribution >= 0.6 is 0 Å². The van der Waals surface area contributed by atoms with E-state index < -0.39 is 5.41 Å². The second kappa shape index (κ2) is 11.1. The third-order valence-corrected chi connectivity index (χ3v) is 2.75. The Kier molecular flexibility index (Phi) is 10.2. The number of rotatable bonds is 12. The summed E-state index contributed by atoms with van der Waals surface area (Å²) in [6.07, 6.45) is 0.460. The molecule has 0 aliphatic heterocycles. The minimum Gasteiger partial charge on any atom is -0.409 e. The molecule has 0 heterocycles. The van der Waals surface area contributed by atoms with Crippen LogP contribution < -0.4 is 11.5 Å². The van der Waals surface area contributed by atoms with Gasteiger partial charge in [-0.05, 0) is 0 Å². The summed E-state index contributed by atoms with van der Waals surface area (Å²) in [6, 6.07) is 0. The Bertz CT molecular complexity index is 305. The first-order valence-corrected chi connectivity index (χ1v) is 6.33. The zero-order chi connectivity index (χ0) is 16.1. The minimum absolute atomic E-state index is 0.0311. The van der Waals surface area contributed by atoms with Crippen molar-refractivity contribution in [2.75, 3.05) is 39.6 Å². The molecular weight excluding hydrogens is 284 g/mol. The van der Waals surface area contributed by atoms with Crippen LogP contribution in [0.5, 0.6) is 0 Å². The Morgan fingerprint density at radius 1 is 0.857 bits per heavy atom. The Morgan fingerprint density at radius 2 is 1.24 bits per heavy atom. The average molecular weight is 308 g/mol. The van der Waals surface area contributed by atoms with Crippen LogP contribution in [0, 0.1) is 5.41 Å². The number of aliphatic hydroxyl groups is 2. The van der Waals surface area contributed by atoms with Crippen molar-refractivity contribution in [3.8, 4) is 0 Å². The fourth-order valence-corrected chi connectivity index (χ4v) is 1.31. The van der Waals surface area contributed by atoms with Crippen LogP contribution in [-0.4, -0.2) is 71.9 Å². The minimum atomic E-state index is -0.962. The normalized spacial score (nSPS) is 13.6. The van der Waals surface area contributed by atoms with Crippen molar-refractivity contribution in [2.24, 2.45) is 27.2 Å². The maximum atomic E-state index is 9.39. The molecule has 124 valence electrons. The van der Waals surface area contributed by atoms with Crippen LogP contribution in [0.15, 0.2) is 10.3 Å². The van der Waals surface area contributed by atoms with E-state index in [0.717, 1.165) is 0 Å². The van der Waals surface area contributed by atoms with Gasteiger partial charge in [-0.15, -0.1) is 0 Å². The lowest BCUT2D eigenvalue weighted by Crippen LogP contribution is -2.40. The van der Waals surface area contributed by atoms with Crippen LogP contribution in [0.25, 0.3) is 0 Å². The molecule has 0 bridgehead atoms. The second-order valence-electron chi connectivity index (χ2n) is 4.60. The highest BCUT2D eigenvalue weighted by atomic mass is 16.5. The Hall–Kier alpha value is -1.62. The summed E-state index contributed by atoms with van der Waals surface area (Å²) >= 11 is 0. The summed E-state index contributed by atoms with van der Waals surface area (Å²) in [5.41, 5.74) is 9.60. The van der Waals surface area contributed by atoms with Crippen molar-refractivity contribution in [2.45, 2.75) is 12.8 Å². The van der Waals surface area contributed by atoms with Gasteiger partial charge in [0.2, 0.25) is 0 Å². The fraction of sp³-hybridized carbons (Fsp3) is 0.818. The molecule has 0 saturated heterocycles. The maximum absolute atomic E-state index is 9.39. The number of ether oxygens (including phenoxy) is 2. The summed E-state index contributed by atoms with van der Waals surface area (Å²) in [6.45, 7) is -0.221. The Morgan fingerprint density at radius 3 is 1.52 bits per heavy atom. The van der Waals surface area contributed by atoms with E-state index in [2.05, 4.69) is 10.3 Å². The zero-order valence-corrected chi connectivity index (χ0v) is 11.8. The molecule has 0 aromatic rings. The standard InChI is InChI=1S/C11H24N4O6/c12-9(14-18)1-3-20-7-11(5-16,6-17)8-21-4-2-10(13)15-19/h16-19H,1-8H2,(H2,12,14)(H2,13,15). The van der Waals surface area contributed by atoms with Gasteiger partial charge in [0.25, 0.3) is 0 Å². The molecule has 0 unspecified atom stereocenters. The summed E-state index contributed by atoms with van der Waals surface area (Å²) in [5, 5.41) is 41.1. The molecule has 0 aliphatic rings. The fourth-order valence-electron chi connectivity index (χ4n) is 1.31. The van der Waals surface area contributed by atoms with Crippen LogP contribution in [0.3, 0.4) is 0 Å². The van der Waals surface area contributed by atoms with Crippen molar-refractivity contribution >= 4 is 11.7 Å². The molecular formula is C11H24N4O6. The van der Waals surface area contributed by atoms with E-state index in [1.807, 2.05) is 0 Å². The summed E-state index contributed by atoms with van der Waals surface area (Å²) in [4.78, 5) is 0.